The van der Waals surface area contributed by atoms with Crippen molar-refractivity contribution in [2.45, 2.75) is 25.9 Å². The molecule has 1 amide bonds. The Balaban J connectivity index is 1.27. The number of amides is 1. The minimum atomic E-state index is -0.660. The average molecular weight is 598 g/mol. The molecule has 1 N–H and O–H groups in total. The van der Waals surface area contributed by atoms with Gasteiger partial charge in [0.2, 0.25) is 5.95 Å². The van der Waals surface area contributed by atoms with Crippen molar-refractivity contribution in [1.29, 1.82) is 0 Å². The molecule has 0 spiro atoms. The number of aromatic nitrogens is 3. The SMILES string of the molecule is COc1ccc(CN2C(=O)c3cc(-c4nc(Nc5cc(N6CCN(C)CC6)ccc5OC)ncc4F)cnc3C2(C)C)cc1. The number of carbonyl (C=O) groups is 1. The van der Waals surface area contributed by atoms with Crippen LogP contribution in [0.5, 0.6) is 11.5 Å². The molecule has 4 heterocycles. The molecule has 2 aromatic carbocycles. The highest BCUT2D eigenvalue weighted by atomic mass is 19.1. The van der Waals surface area contributed by atoms with Crippen molar-refractivity contribution in [3.05, 3.63) is 83.6 Å². The molecule has 1 saturated heterocycles. The molecule has 228 valence electrons. The first-order valence-electron chi connectivity index (χ1n) is 14.5. The van der Waals surface area contributed by atoms with Gasteiger partial charge in [-0.1, -0.05) is 12.1 Å². The fourth-order valence-corrected chi connectivity index (χ4v) is 5.76. The standard InChI is InChI=1S/C33H36FN7O3/c1-33(2)30-25(31(42)41(33)20-21-6-9-24(43-4)10-7-21)16-22(18-35-30)29-26(34)19-36-32(38-29)37-27-17-23(8-11-28(27)44-5)40-14-12-39(3)13-15-40/h6-11,16-19H,12-15,20H2,1-5H3,(H,36,37,38). The van der Waals surface area contributed by atoms with Crippen molar-refractivity contribution in [2.75, 3.05) is 57.7 Å². The number of piperazine rings is 1. The van der Waals surface area contributed by atoms with Gasteiger partial charge in [-0.05, 0) is 62.9 Å². The molecule has 11 heteroatoms. The molecule has 1 fully saturated rings. The zero-order valence-corrected chi connectivity index (χ0v) is 25.6. The Labute approximate surface area is 256 Å². The second-order valence-electron chi connectivity index (χ2n) is 11.6. The van der Waals surface area contributed by atoms with Gasteiger partial charge in [0.1, 0.15) is 17.2 Å². The highest BCUT2D eigenvalue weighted by Crippen LogP contribution is 2.40. The van der Waals surface area contributed by atoms with Crippen LogP contribution in [-0.2, 0) is 12.1 Å². The van der Waals surface area contributed by atoms with Gasteiger partial charge in [-0.3, -0.25) is 9.78 Å². The van der Waals surface area contributed by atoms with Crippen LogP contribution in [0.2, 0.25) is 0 Å². The Morgan fingerprint density at radius 3 is 2.41 bits per heavy atom. The van der Waals surface area contributed by atoms with Crippen molar-refractivity contribution >= 4 is 23.2 Å². The molecule has 2 aliphatic rings. The summed E-state index contributed by atoms with van der Waals surface area (Å²) in [6, 6.07) is 15.2. The number of pyridine rings is 1. The van der Waals surface area contributed by atoms with Gasteiger partial charge in [-0.25, -0.2) is 14.4 Å². The van der Waals surface area contributed by atoms with E-state index >= 15 is 4.39 Å². The van der Waals surface area contributed by atoms with Crippen LogP contribution in [0.3, 0.4) is 0 Å². The quantitative estimate of drug-likeness (QED) is 0.298. The summed E-state index contributed by atoms with van der Waals surface area (Å²) in [5, 5.41) is 3.21. The largest absolute Gasteiger partial charge is 0.497 e. The molecule has 0 aliphatic carbocycles. The fourth-order valence-electron chi connectivity index (χ4n) is 5.76. The van der Waals surface area contributed by atoms with Crippen molar-refractivity contribution in [3.63, 3.8) is 0 Å². The van der Waals surface area contributed by atoms with Crippen LogP contribution in [-0.4, -0.2) is 78.1 Å². The summed E-state index contributed by atoms with van der Waals surface area (Å²) >= 11 is 0. The third kappa shape index (κ3) is 5.50. The topological polar surface area (TPSA) is 96.0 Å². The van der Waals surface area contributed by atoms with Crippen LogP contribution in [0.15, 0.2) is 60.9 Å². The number of anilines is 3. The Morgan fingerprint density at radius 2 is 1.70 bits per heavy atom. The number of hydrogen-bond acceptors (Lipinski definition) is 9. The van der Waals surface area contributed by atoms with Gasteiger partial charge in [0, 0.05) is 50.2 Å². The van der Waals surface area contributed by atoms with Gasteiger partial charge in [0.05, 0.1) is 42.9 Å². The predicted molar refractivity (Wildman–Crippen MR) is 167 cm³/mol. The Hall–Kier alpha value is -4.77. The van der Waals surface area contributed by atoms with Crippen molar-refractivity contribution < 1.29 is 18.7 Å². The first-order chi connectivity index (χ1) is 21.2. The number of ether oxygens (including phenoxy) is 2. The normalized spacial score (nSPS) is 16.2. The van der Waals surface area contributed by atoms with E-state index in [1.807, 2.05) is 56.3 Å². The van der Waals surface area contributed by atoms with E-state index in [0.29, 0.717) is 34.8 Å². The molecule has 44 heavy (non-hydrogen) atoms. The van der Waals surface area contributed by atoms with Gasteiger partial charge in [-0.15, -0.1) is 0 Å². The van der Waals surface area contributed by atoms with Crippen LogP contribution in [0.25, 0.3) is 11.3 Å². The first-order valence-corrected chi connectivity index (χ1v) is 14.5. The zero-order chi connectivity index (χ0) is 31.0. The van der Waals surface area contributed by atoms with E-state index in [-0.39, 0.29) is 17.5 Å². The van der Waals surface area contributed by atoms with Crippen molar-refractivity contribution in [2.24, 2.45) is 0 Å². The maximum absolute atomic E-state index is 15.2. The predicted octanol–water partition coefficient (Wildman–Crippen LogP) is 5.08. The number of rotatable bonds is 8. The molecule has 2 aliphatic heterocycles. The Morgan fingerprint density at radius 1 is 0.955 bits per heavy atom. The third-order valence-electron chi connectivity index (χ3n) is 8.43. The molecule has 10 nitrogen and oxygen atoms in total. The van der Waals surface area contributed by atoms with E-state index in [0.717, 1.165) is 49.4 Å². The van der Waals surface area contributed by atoms with Gasteiger partial charge in [0.25, 0.3) is 5.91 Å². The molecule has 6 rings (SSSR count). The van der Waals surface area contributed by atoms with E-state index in [4.69, 9.17) is 9.47 Å². The third-order valence-corrected chi connectivity index (χ3v) is 8.43. The average Bonchev–Trinajstić information content (AvgIpc) is 3.22. The van der Waals surface area contributed by atoms with Crippen LogP contribution >= 0.6 is 0 Å². The number of nitrogens with zero attached hydrogens (tertiary/aromatic N) is 6. The number of methoxy groups -OCH3 is 2. The maximum Gasteiger partial charge on any atom is 0.256 e. The van der Waals surface area contributed by atoms with Gasteiger partial charge in [-0.2, -0.15) is 0 Å². The van der Waals surface area contributed by atoms with E-state index in [1.165, 1.54) is 0 Å². The molecular formula is C33H36FN7O3. The second kappa shape index (κ2) is 11.7. The number of nitrogens with one attached hydrogen (secondary N) is 1. The fraction of sp³-hybridized carbons (Fsp3) is 0.333. The monoisotopic (exact) mass is 597 g/mol. The molecular weight excluding hydrogens is 561 g/mol. The highest BCUT2D eigenvalue weighted by Gasteiger charge is 2.44. The maximum atomic E-state index is 15.2. The first kappa shape index (κ1) is 29.3. The molecule has 0 saturated carbocycles. The highest BCUT2D eigenvalue weighted by molar-refractivity contribution is 6.00. The molecule has 4 aromatic rings. The van der Waals surface area contributed by atoms with E-state index in [2.05, 4.69) is 37.1 Å². The summed E-state index contributed by atoms with van der Waals surface area (Å²) in [6.07, 6.45) is 2.69. The Kier molecular flexibility index (Phi) is 7.81. The van der Waals surface area contributed by atoms with Crippen molar-refractivity contribution in [1.82, 2.24) is 24.8 Å². The van der Waals surface area contributed by atoms with E-state index < -0.39 is 11.4 Å². The number of halogens is 1. The number of carbonyl (C=O) groups excluding carboxylic acids is 1. The number of likely N-dealkylation sites (N-methyl/N-ethyl adjacent to an activating group) is 1. The summed E-state index contributed by atoms with van der Waals surface area (Å²) in [6.45, 7) is 8.11. The van der Waals surface area contributed by atoms with E-state index in [1.54, 1.807) is 31.4 Å². The second-order valence-corrected chi connectivity index (χ2v) is 11.6. The summed E-state index contributed by atoms with van der Waals surface area (Å²) in [5.74, 6) is 0.769. The lowest BCUT2D eigenvalue weighted by atomic mass is 9.98. The minimum absolute atomic E-state index is 0.0474. The molecule has 0 unspecified atom stereocenters. The lowest BCUT2D eigenvalue weighted by Gasteiger charge is -2.34. The minimum Gasteiger partial charge on any atom is -0.497 e. The molecule has 0 atom stereocenters. The number of benzene rings is 2. The number of fused-ring (bicyclic) bond motifs is 1. The summed E-state index contributed by atoms with van der Waals surface area (Å²) in [7, 11) is 5.33. The molecule has 0 bridgehead atoms. The smallest absolute Gasteiger partial charge is 0.256 e. The van der Waals surface area contributed by atoms with Crippen LogP contribution < -0.4 is 19.7 Å². The van der Waals surface area contributed by atoms with Gasteiger partial charge in [0.15, 0.2) is 5.82 Å². The molecule has 0 radical (unpaired) electrons. The van der Waals surface area contributed by atoms with Gasteiger partial charge < -0.3 is 29.5 Å². The zero-order valence-electron chi connectivity index (χ0n) is 25.6. The summed E-state index contributed by atoms with van der Waals surface area (Å²) < 4.78 is 26.0. The van der Waals surface area contributed by atoms with Crippen molar-refractivity contribution in [3.8, 4) is 22.8 Å². The van der Waals surface area contributed by atoms with Gasteiger partial charge >= 0.3 is 0 Å². The molecule has 2 aromatic heterocycles. The van der Waals surface area contributed by atoms with E-state index in [9.17, 15) is 4.79 Å². The van der Waals surface area contributed by atoms with Crippen LogP contribution in [0, 0.1) is 5.82 Å². The summed E-state index contributed by atoms with van der Waals surface area (Å²) in [4.78, 5) is 33.4. The lowest BCUT2D eigenvalue weighted by Crippen LogP contribution is -2.44. The van der Waals surface area contributed by atoms with Crippen LogP contribution in [0.1, 0.15) is 35.5 Å². The summed E-state index contributed by atoms with van der Waals surface area (Å²) in [5.41, 5.74) is 3.52. The number of hydrogen-bond donors (Lipinski definition) is 1. The van der Waals surface area contributed by atoms with Crippen LogP contribution in [0.4, 0.5) is 21.7 Å². The lowest BCUT2D eigenvalue weighted by molar-refractivity contribution is 0.0591. The Bertz CT molecular complexity index is 1690.